The molecule has 1 atom stereocenters. The molecule has 0 N–H and O–H groups in total. The summed E-state index contributed by atoms with van der Waals surface area (Å²) in [5.41, 5.74) is 0.745. The Labute approximate surface area is 158 Å². The van der Waals surface area contributed by atoms with E-state index in [1.54, 1.807) is 35.6 Å². The standard InChI is InChI=1S/C18H14ClFN2O3S/c19-12-8-11(3-4-13(12)20)15-10-22(5-7-25-15)18(23)16-9-21-17(26-16)14-2-1-6-24-14/h1-4,6,8-9,15H,5,7,10H2. The van der Waals surface area contributed by atoms with E-state index in [1.807, 2.05) is 0 Å². The van der Waals surface area contributed by atoms with Gasteiger partial charge in [-0.2, -0.15) is 0 Å². The number of morpholine rings is 1. The molecule has 1 amide bonds. The zero-order chi connectivity index (χ0) is 18.1. The first kappa shape index (κ1) is 17.2. The van der Waals surface area contributed by atoms with Crippen LogP contribution in [-0.2, 0) is 4.74 Å². The number of carbonyl (C=O) groups excluding carboxylic acids is 1. The number of carbonyl (C=O) groups is 1. The normalized spacial score (nSPS) is 17.5. The molecule has 0 aliphatic carbocycles. The topological polar surface area (TPSA) is 55.6 Å². The predicted octanol–water partition coefficient (Wildman–Crippen LogP) is 4.41. The van der Waals surface area contributed by atoms with E-state index in [2.05, 4.69) is 4.98 Å². The number of hydrogen-bond acceptors (Lipinski definition) is 5. The Balaban J connectivity index is 1.50. The molecule has 3 heterocycles. The van der Waals surface area contributed by atoms with Crippen molar-refractivity contribution in [1.82, 2.24) is 9.88 Å². The van der Waals surface area contributed by atoms with Gasteiger partial charge >= 0.3 is 0 Å². The molecule has 2 aromatic heterocycles. The average Bonchev–Trinajstić information content (AvgIpc) is 3.35. The number of hydrogen-bond donors (Lipinski definition) is 0. The van der Waals surface area contributed by atoms with Crippen molar-refractivity contribution in [2.75, 3.05) is 19.7 Å². The number of halogens is 2. The van der Waals surface area contributed by atoms with Gasteiger partial charge in [-0.3, -0.25) is 4.79 Å². The van der Waals surface area contributed by atoms with Crippen LogP contribution in [0, 0.1) is 5.82 Å². The highest BCUT2D eigenvalue weighted by atomic mass is 35.5. The number of thiazole rings is 1. The molecule has 1 aliphatic heterocycles. The summed E-state index contributed by atoms with van der Waals surface area (Å²) in [6.07, 6.45) is 2.78. The summed E-state index contributed by atoms with van der Waals surface area (Å²) in [6, 6.07) is 8.05. The number of benzene rings is 1. The van der Waals surface area contributed by atoms with Gasteiger partial charge < -0.3 is 14.1 Å². The van der Waals surface area contributed by atoms with Gasteiger partial charge in [0.05, 0.1) is 30.6 Å². The van der Waals surface area contributed by atoms with E-state index >= 15 is 0 Å². The van der Waals surface area contributed by atoms with Crippen LogP contribution >= 0.6 is 22.9 Å². The maximum absolute atomic E-state index is 13.4. The summed E-state index contributed by atoms with van der Waals surface area (Å²) < 4.78 is 24.4. The summed E-state index contributed by atoms with van der Waals surface area (Å²) in [7, 11) is 0. The van der Waals surface area contributed by atoms with Crippen molar-refractivity contribution in [2.45, 2.75) is 6.10 Å². The number of ether oxygens (including phenoxy) is 1. The Morgan fingerprint density at radius 2 is 2.27 bits per heavy atom. The highest BCUT2D eigenvalue weighted by molar-refractivity contribution is 7.16. The first-order valence-corrected chi connectivity index (χ1v) is 9.17. The number of furan rings is 1. The molecule has 1 saturated heterocycles. The summed E-state index contributed by atoms with van der Waals surface area (Å²) in [5, 5.41) is 0.702. The second-order valence-electron chi connectivity index (χ2n) is 5.79. The van der Waals surface area contributed by atoms with Crippen molar-refractivity contribution >= 4 is 28.8 Å². The fourth-order valence-electron chi connectivity index (χ4n) is 2.79. The molecule has 3 aromatic rings. The van der Waals surface area contributed by atoms with Crippen molar-refractivity contribution in [3.63, 3.8) is 0 Å². The van der Waals surface area contributed by atoms with Crippen LogP contribution in [-0.4, -0.2) is 35.5 Å². The lowest BCUT2D eigenvalue weighted by atomic mass is 10.1. The van der Waals surface area contributed by atoms with Crippen LogP contribution in [0.4, 0.5) is 4.39 Å². The summed E-state index contributed by atoms with van der Waals surface area (Å²) in [6.45, 7) is 1.25. The Kier molecular flexibility index (Phi) is 4.76. The van der Waals surface area contributed by atoms with E-state index in [0.717, 1.165) is 5.56 Å². The van der Waals surface area contributed by atoms with Crippen molar-refractivity contribution < 1.29 is 18.3 Å². The third-order valence-electron chi connectivity index (χ3n) is 4.12. The number of rotatable bonds is 3. The van der Waals surface area contributed by atoms with Gasteiger partial charge in [-0.1, -0.05) is 17.7 Å². The number of amides is 1. The molecule has 134 valence electrons. The molecule has 0 saturated carbocycles. The SMILES string of the molecule is O=C(c1cnc(-c2ccco2)s1)N1CCOC(c2ccc(F)c(Cl)c2)C1. The van der Waals surface area contributed by atoms with Crippen molar-refractivity contribution in [3.05, 3.63) is 64.1 Å². The Morgan fingerprint density at radius 1 is 1.38 bits per heavy atom. The first-order valence-electron chi connectivity index (χ1n) is 7.97. The molecule has 8 heteroatoms. The van der Waals surface area contributed by atoms with Gasteiger partial charge in [0.2, 0.25) is 0 Å². The van der Waals surface area contributed by atoms with Crippen molar-refractivity contribution in [1.29, 1.82) is 0 Å². The monoisotopic (exact) mass is 392 g/mol. The number of aromatic nitrogens is 1. The second-order valence-corrected chi connectivity index (χ2v) is 7.23. The molecule has 1 fully saturated rings. The van der Waals surface area contributed by atoms with Crippen molar-refractivity contribution in [3.8, 4) is 10.8 Å². The fourth-order valence-corrected chi connectivity index (χ4v) is 3.83. The van der Waals surface area contributed by atoms with Gasteiger partial charge in [0.15, 0.2) is 10.8 Å². The minimum atomic E-state index is -0.478. The fraction of sp³-hybridized carbons (Fsp3) is 0.222. The van der Waals surface area contributed by atoms with Crippen LogP contribution in [0.15, 0.2) is 47.2 Å². The highest BCUT2D eigenvalue weighted by Crippen LogP contribution is 2.29. The molecule has 0 radical (unpaired) electrons. The van der Waals surface area contributed by atoms with Gasteiger partial charge in [-0.15, -0.1) is 11.3 Å². The summed E-state index contributed by atoms with van der Waals surface area (Å²) in [5.74, 6) is 0.0472. The van der Waals surface area contributed by atoms with E-state index in [-0.39, 0.29) is 17.0 Å². The molecular formula is C18H14ClFN2O3S. The molecule has 1 aromatic carbocycles. The minimum Gasteiger partial charge on any atom is -0.462 e. The van der Waals surface area contributed by atoms with Gasteiger partial charge in [-0.05, 0) is 29.8 Å². The lowest BCUT2D eigenvalue weighted by molar-refractivity contribution is -0.0226. The lowest BCUT2D eigenvalue weighted by Gasteiger charge is -2.33. The molecule has 1 unspecified atom stereocenters. The third kappa shape index (κ3) is 3.38. The van der Waals surface area contributed by atoms with E-state index in [9.17, 15) is 9.18 Å². The third-order valence-corrected chi connectivity index (χ3v) is 5.41. The average molecular weight is 393 g/mol. The minimum absolute atomic E-state index is 0.0418. The van der Waals surface area contributed by atoms with Crippen molar-refractivity contribution in [2.24, 2.45) is 0 Å². The van der Waals surface area contributed by atoms with Crippen LogP contribution in [0.1, 0.15) is 21.3 Å². The maximum atomic E-state index is 13.4. The van der Waals surface area contributed by atoms with E-state index in [1.165, 1.54) is 23.5 Å². The van der Waals surface area contributed by atoms with Crippen LogP contribution in [0.5, 0.6) is 0 Å². The molecular weight excluding hydrogens is 379 g/mol. The van der Waals surface area contributed by atoms with Crippen LogP contribution in [0.25, 0.3) is 10.8 Å². The summed E-state index contributed by atoms with van der Waals surface area (Å²) in [4.78, 5) is 19.3. The van der Waals surface area contributed by atoms with Gasteiger partial charge in [0.25, 0.3) is 5.91 Å². The molecule has 0 spiro atoms. The Bertz CT molecular complexity index is 928. The zero-order valence-corrected chi connectivity index (χ0v) is 15.1. The molecule has 5 nitrogen and oxygen atoms in total. The molecule has 1 aliphatic rings. The quantitative estimate of drug-likeness (QED) is 0.662. The predicted molar refractivity (Wildman–Crippen MR) is 95.8 cm³/mol. The first-order chi connectivity index (χ1) is 12.6. The molecule has 0 bridgehead atoms. The Morgan fingerprint density at radius 3 is 3.04 bits per heavy atom. The smallest absolute Gasteiger partial charge is 0.265 e. The zero-order valence-electron chi connectivity index (χ0n) is 13.5. The highest BCUT2D eigenvalue weighted by Gasteiger charge is 2.28. The van der Waals surface area contributed by atoms with Crippen LogP contribution in [0.2, 0.25) is 5.02 Å². The van der Waals surface area contributed by atoms with E-state index in [4.69, 9.17) is 20.8 Å². The molecule has 4 rings (SSSR count). The maximum Gasteiger partial charge on any atom is 0.265 e. The second kappa shape index (κ2) is 7.19. The van der Waals surface area contributed by atoms with E-state index in [0.29, 0.717) is 35.3 Å². The summed E-state index contributed by atoms with van der Waals surface area (Å²) >= 11 is 7.14. The largest absolute Gasteiger partial charge is 0.462 e. The van der Waals surface area contributed by atoms with Gasteiger partial charge in [-0.25, -0.2) is 9.37 Å². The molecule has 26 heavy (non-hydrogen) atoms. The van der Waals surface area contributed by atoms with E-state index < -0.39 is 5.82 Å². The van der Waals surface area contributed by atoms with Crippen LogP contribution in [0.3, 0.4) is 0 Å². The number of nitrogens with zero attached hydrogens (tertiary/aromatic N) is 2. The lowest BCUT2D eigenvalue weighted by Crippen LogP contribution is -2.42. The van der Waals surface area contributed by atoms with Crippen LogP contribution < -0.4 is 0 Å². The van der Waals surface area contributed by atoms with Gasteiger partial charge in [0, 0.05) is 6.54 Å². The van der Waals surface area contributed by atoms with Gasteiger partial charge in [0.1, 0.15) is 16.8 Å². The Hall–Kier alpha value is -2.22.